The van der Waals surface area contributed by atoms with Crippen LogP contribution in [0.4, 0.5) is 6.01 Å². The minimum atomic E-state index is 0.263. The smallest absolute Gasteiger partial charge is 0.315 e. The summed E-state index contributed by atoms with van der Waals surface area (Å²) in [6.07, 6.45) is 4.42. The van der Waals surface area contributed by atoms with Gasteiger partial charge in [0.2, 0.25) is 5.89 Å². The quantitative estimate of drug-likeness (QED) is 0.764. The third kappa shape index (κ3) is 2.77. The van der Waals surface area contributed by atoms with E-state index < -0.39 is 0 Å². The summed E-state index contributed by atoms with van der Waals surface area (Å²) in [6, 6.07) is 4.36. The molecular formula is C10H13N5O. The van der Waals surface area contributed by atoms with Gasteiger partial charge < -0.3 is 15.5 Å². The summed E-state index contributed by atoms with van der Waals surface area (Å²) >= 11 is 0. The van der Waals surface area contributed by atoms with Gasteiger partial charge in [-0.05, 0) is 24.1 Å². The lowest BCUT2D eigenvalue weighted by molar-refractivity contribution is 0.507. The molecule has 0 fully saturated rings. The Kier molecular flexibility index (Phi) is 3.45. The van der Waals surface area contributed by atoms with E-state index in [0.29, 0.717) is 11.9 Å². The van der Waals surface area contributed by atoms with E-state index in [0.717, 1.165) is 13.0 Å². The zero-order valence-electron chi connectivity index (χ0n) is 8.76. The van der Waals surface area contributed by atoms with E-state index in [2.05, 4.69) is 20.5 Å². The Hall–Kier alpha value is -1.95. The highest BCUT2D eigenvalue weighted by Crippen LogP contribution is 2.05. The molecule has 0 aromatic carbocycles. The molecule has 84 valence electrons. The molecule has 2 rings (SSSR count). The SMILES string of the molecule is NCc1nnc(NCCc2ccncc2)o1. The van der Waals surface area contributed by atoms with Crippen molar-refractivity contribution in [3.63, 3.8) is 0 Å². The summed E-state index contributed by atoms with van der Waals surface area (Å²) < 4.78 is 5.20. The van der Waals surface area contributed by atoms with Crippen molar-refractivity contribution in [1.82, 2.24) is 15.2 Å². The van der Waals surface area contributed by atoms with Crippen molar-refractivity contribution in [3.8, 4) is 0 Å². The summed E-state index contributed by atoms with van der Waals surface area (Å²) in [6.45, 7) is 0.995. The second kappa shape index (κ2) is 5.22. The first-order valence-electron chi connectivity index (χ1n) is 5.03. The zero-order valence-corrected chi connectivity index (χ0v) is 8.76. The maximum absolute atomic E-state index is 5.35. The number of hydrogen-bond donors (Lipinski definition) is 2. The maximum Gasteiger partial charge on any atom is 0.315 e. The number of nitrogens with two attached hydrogens (primary N) is 1. The van der Waals surface area contributed by atoms with Crippen LogP contribution in [0.15, 0.2) is 28.9 Å². The van der Waals surface area contributed by atoms with Crippen LogP contribution in [-0.4, -0.2) is 21.7 Å². The molecule has 0 radical (unpaired) electrons. The Balaban J connectivity index is 1.80. The lowest BCUT2D eigenvalue weighted by Gasteiger charge is -2.00. The molecule has 0 unspecified atom stereocenters. The second-order valence-electron chi connectivity index (χ2n) is 3.24. The molecule has 2 aromatic heterocycles. The fourth-order valence-corrected chi connectivity index (χ4v) is 1.27. The largest absolute Gasteiger partial charge is 0.407 e. The van der Waals surface area contributed by atoms with E-state index in [1.165, 1.54) is 5.56 Å². The standard InChI is InChI=1S/C10H13N5O/c11-7-9-14-15-10(16-9)13-6-3-8-1-4-12-5-2-8/h1-2,4-5H,3,6-7,11H2,(H,13,15). The van der Waals surface area contributed by atoms with Crippen LogP contribution >= 0.6 is 0 Å². The zero-order chi connectivity index (χ0) is 11.2. The molecular weight excluding hydrogens is 206 g/mol. The fraction of sp³-hybridized carbons (Fsp3) is 0.300. The van der Waals surface area contributed by atoms with E-state index in [4.69, 9.17) is 10.2 Å². The molecule has 3 N–H and O–H groups in total. The average Bonchev–Trinajstić information content (AvgIpc) is 2.78. The van der Waals surface area contributed by atoms with Gasteiger partial charge in [0.15, 0.2) is 0 Å². The van der Waals surface area contributed by atoms with E-state index in [1.807, 2.05) is 12.1 Å². The Morgan fingerprint density at radius 1 is 1.25 bits per heavy atom. The van der Waals surface area contributed by atoms with Gasteiger partial charge in [-0.2, -0.15) is 0 Å². The number of nitrogens with one attached hydrogen (secondary N) is 1. The lowest BCUT2D eigenvalue weighted by atomic mass is 10.2. The monoisotopic (exact) mass is 219 g/mol. The van der Waals surface area contributed by atoms with Gasteiger partial charge in [0.25, 0.3) is 0 Å². The molecule has 0 saturated carbocycles. The lowest BCUT2D eigenvalue weighted by Crippen LogP contribution is -2.05. The molecule has 2 aromatic rings. The molecule has 16 heavy (non-hydrogen) atoms. The van der Waals surface area contributed by atoms with Crippen molar-refractivity contribution in [2.75, 3.05) is 11.9 Å². The molecule has 0 aliphatic rings. The molecule has 0 spiro atoms. The highest BCUT2D eigenvalue weighted by molar-refractivity contribution is 5.19. The topological polar surface area (TPSA) is 89.9 Å². The van der Waals surface area contributed by atoms with Gasteiger partial charge in [0.1, 0.15) is 0 Å². The molecule has 6 heteroatoms. The Morgan fingerprint density at radius 2 is 2.06 bits per heavy atom. The number of anilines is 1. The summed E-state index contributed by atoms with van der Waals surface area (Å²) in [5.41, 5.74) is 6.56. The van der Waals surface area contributed by atoms with Gasteiger partial charge in [-0.1, -0.05) is 5.10 Å². The van der Waals surface area contributed by atoms with Crippen molar-refractivity contribution in [1.29, 1.82) is 0 Å². The van der Waals surface area contributed by atoms with Crippen molar-refractivity contribution in [2.45, 2.75) is 13.0 Å². The van der Waals surface area contributed by atoms with E-state index in [1.54, 1.807) is 12.4 Å². The second-order valence-corrected chi connectivity index (χ2v) is 3.24. The Labute approximate surface area is 92.9 Å². The molecule has 0 bridgehead atoms. The van der Waals surface area contributed by atoms with Crippen LogP contribution in [0.25, 0.3) is 0 Å². The summed E-state index contributed by atoms with van der Waals surface area (Å²) in [4.78, 5) is 3.95. The van der Waals surface area contributed by atoms with Crippen molar-refractivity contribution < 1.29 is 4.42 Å². The number of pyridine rings is 1. The van der Waals surface area contributed by atoms with Gasteiger partial charge in [0, 0.05) is 18.9 Å². The summed E-state index contributed by atoms with van der Waals surface area (Å²) in [5, 5.41) is 10.6. The van der Waals surface area contributed by atoms with Gasteiger partial charge >= 0.3 is 6.01 Å². The minimum absolute atomic E-state index is 0.263. The predicted octanol–water partition coefficient (Wildman–Crippen LogP) is 0.578. The van der Waals surface area contributed by atoms with Crippen molar-refractivity contribution in [3.05, 3.63) is 36.0 Å². The molecule has 2 heterocycles. The Morgan fingerprint density at radius 3 is 2.75 bits per heavy atom. The average molecular weight is 219 g/mol. The third-order valence-corrected chi connectivity index (χ3v) is 2.08. The highest BCUT2D eigenvalue weighted by Gasteiger charge is 2.02. The normalized spacial score (nSPS) is 10.3. The van der Waals surface area contributed by atoms with E-state index >= 15 is 0 Å². The molecule has 0 amide bonds. The van der Waals surface area contributed by atoms with Crippen LogP contribution in [0, 0.1) is 0 Å². The van der Waals surface area contributed by atoms with E-state index in [-0.39, 0.29) is 6.54 Å². The highest BCUT2D eigenvalue weighted by atomic mass is 16.4. The van der Waals surface area contributed by atoms with Crippen LogP contribution in [0.1, 0.15) is 11.5 Å². The first-order valence-corrected chi connectivity index (χ1v) is 5.03. The Bertz CT molecular complexity index is 428. The number of rotatable bonds is 5. The van der Waals surface area contributed by atoms with Gasteiger partial charge in [-0.3, -0.25) is 4.98 Å². The van der Waals surface area contributed by atoms with E-state index in [9.17, 15) is 0 Å². The van der Waals surface area contributed by atoms with Crippen LogP contribution in [0.2, 0.25) is 0 Å². The molecule has 0 saturated heterocycles. The van der Waals surface area contributed by atoms with Crippen molar-refractivity contribution >= 4 is 6.01 Å². The fourth-order valence-electron chi connectivity index (χ4n) is 1.27. The molecule has 0 aliphatic carbocycles. The third-order valence-electron chi connectivity index (χ3n) is 2.08. The first-order chi connectivity index (χ1) is 7.88. The summed E-state index contributed by atoms with van der Waals surface area (Å²) in [5.74, 6) is 0.436. The van der Waals surface area contributed by atoms with Gasteiger partial charge in [0.05, 0.1) is 6.54 Å². The molecule has 0 aliphatic heterocycles. The number of aromatic nitrogens is 3. The molecule has 6 nitrogen and oxygen atoms in total. The van der Waals surface area contributed by atoms with Crippen LogP contribution < -0.4 is 11.1 Å². The first kappa shape index (κ1) is 10.6. The van der Waals surface area contributed by atoms with Crippen LogP contribution in [0.5, 0.6) is 0 Å². The number of nitrogens with zero attached hydrogens (tertiary/aromatic N) is 3. The summed E-state index contributed by atoms with van der Waals surface area (Å²) in [7, 11) is 0. The van der Waals surface area contributed by atoms with Crippen LogP contribution in [0.3, 0.4) is 0 Å². The molecule has 0 atom stereocenters. The van der Waals surface area contributed by atoms with Crippen molar-refractivity contribution in [2.24, 2.45) is 5.73 Å². The minimum Gasteiger partial charge on any atom is -0.407 e. The van der Waals surface area contributed by atoms with Crippen LogP contribution in [-0.2, 0) is 13.0 Å². The van der Waals surface area contributed by atoms with Gasteiger partial charge in [-0.25, -0.2) is 0 Å². The van der Waals surface area contributed by atoms with Gasteiger partial charge in [-0.15, -0.1) is 5.10 Å². The predicted molar refractivity (Wildman–Crippen MR) is 58.6 cm³/mol. The number of hydrogen-bond acceptors (Lipinski definition) is 6. The maximum atomic E-state index is 5.35.